The van der Waals surface area contributed by atoms with Gasteiger partial charge in [-0.3, -0.25) is 0 Å². The van der Waals surface area contributed by atoms with Crippen LogP contribution in [0.5, 0.6) is 0 Å². The number of alkyl halides is 2. The average Bonchev–Trinajstić information content (AvgIpc) is 2.65. The minimum Gasteiger partial charge on any atom is -0.205 e. The molecule has 0 amide bonds. The summed E-state index contributed by atoms with van der Waals surface area (Å²) >= 11 is 6.64. The Morgan fingerprint density at radius 1 is 1.33 bits per heavy atom. The van der Waals surface area contributed by atoms with E-state index in [1.165, 1.54) is 12.1 Å². The standard InChI is InChI=1S/C9H5ClF2N2S/c10-9-13-8(14-15-9)6-3-1-2-5(4-6)7(11)12/h1-4,7H. The second-order valence-electron chi connectivity index (χ2n) is 2.80. The molecule has 0 aliphatic rings. The second-order valence-corrected chi connectivity index (χ2v) is 4.13. The average molecular weight is 247 g/mol. The first-order valence-corrected chi connectivity index (χ1v) is 5.19. The molecule has 1 aromatic carbocycles. The number of halogens is 3. The molecule has 0 fully saturated rings. The molecule has 1 heterocycles. The Labute approximate surface area is 93.7 Å². The van der Waals surface area contributed by atoms with E-state index < -0.39 is 6.43 Å². The maximum absolute atomic E-state index is 12.4. The molecule has 0 aliphatic heterocycles. The van der Waals surface area contributed by atoms with Crippen LogP contribution in [-0.2, 0) is 0 Å². The Balaban J connectivity index is 2.41. The van der Waals surface area contributed by atoms with E-state index >= 15 is 0 Å². The molecule has 2 aromatic rings. The molecule has 0 radical (unpaired) electrons. The molecule has 0 saturated heterocycles. The van der Waals surface area contributed by atoms with Gasteiger partial charge in [0.2, 0.25) is 4.47 Å². The van der Waals surface area contributed by atoms with Crippen LogP contribution < -0.4 is 0 Å². The zero-order valence-corrected chi connectivity index (χ0v) is 8.90. The lowest BCUT2D eigenvalue weighted by Gasteiger charge is -2.00. The maximum atomic E-state index is 12.4. The van der Waals surface area contributed by atoms with Gasteiger partial charge in [0.1, 0.15) is 0 Å². The third-order valence-electron chi connectivity index (χ3n) is 1.80. The van der Waals surface area contributed by atoms with Crippen molar-refractivity contribution in [2.24, 2.45) is 0 Å². The summed E-state index contributed by atoms with van der Waals surface area (Å²) in [5, 5.41) is 0. The van der Waals surface area contributed by atoms with Crippen molar-refractivity contribution >= 4 is 23.1 Å². The quantitative estimate of drug-likeness (QED) is 0.806. The summed E-state index contributed by atoms with van der Waals surface area (Å²) in [7, 11) is 0. The molecule has 1 aromatic heterocycles. The highest BCUT2D eigenvalue weighted by molar-refractivity contribution is 7.10. The monoisotopic (exact) mass is 246 g/mol. The van der Waals surface area contributed by atoms with Crippen LogP contribution in [0, 0.1) is 0 Å². The van der Waals surface area contributed by atoms with E-state index in [4.69, 9.17) is 11.6 Å². The molecule has 0 spiro atoms. The topological polar surface area (TPSA) is 25.8 Å². The number of benzene rings is 1. The van der Waals surface area contributed by atoms with Gasteiger partial charge in [0.25, 0.3) is 6.43 Å². The number of nitrogens with zero attached hydrogens (tertiary/aromatic N) is 2. The number of aromatic nitrogens is 2. The van der Waals surface area contributed by atoms with Gasteiger partial charge in [0.15, 0.2) is 5.82 Å². The first kappa shape index (κ1) is 10.4. The van der Waals surface area contributed by atoms with Crippen molar-refractivity contribution in [3.05, 3.63) is 34.3 Å². The van der Waals surface area contributed by atoms with Crippen molar-refractivity contribution in [2.45, 2.75) is 6.43 Å². The molecule has 2 rings (SSSR count). The summed E-state index contributed by atoms with van der Waals surface area (Å²) in [6.45, 7) is 0. The Morgan fingerprint density at radius 3 is 2.73 bits per heavy atom. The lowest BCUT2D eigenvalue weighted by Crippen LogP contribution is -1.86. The molecule has 2 nitrogen and oxygen atoms in total. The lowest BCUT2D eigenvalue weighted by atomic mass is 10.1. The van der Waals surface area contributed by atoms with Gasteiger partial charge in [-0.2, -0.15) is 4.37 Å². The van der Waals surface area contributed by atoms with Crippen molar-refractivity contribution < 1.29 is 8.78 Å². The molecular weight excluding hydrogens is 242 g/mol. The number of rotatable bonds is 2. The Kier molecular flexibility index (Phi) is 2.93. The Hall–Kier alpha value is -1.07. The van der Waals surface area contributed by atoms with Crippen LogP contribution in [0.3, 0.4) is 0 Å². The van der Waals surface area contributed by atoms with E-state index in [0.717, 1.165) is 11.5 Å². The Morgan fingerprint density at radius 2 is 2.13 bits per heavy atom. The van der Waals surface area contributed by atoms with E-state index in [-0.39, 0.29) is 5.56 Å². The highest BCUT2D eigenvalue weighted by atomic mass is 35.5. The van der Waals surface area contributed by atoms with Crippen LogP contribution in [0.25, 0.3) is 11.4 Å². The van der Waals surface area contributed by atoms with Crippen LogP contribution in [0.15, 0.2) is 24.3 Å². The van der Waals surface area contributed by atoms with Gasteiger partial charge in [0, 0.05) is 11.1 Å². The van der Waals surface area contributed by atoms with Crippen molar-refractivity contribution in [3.8, 4) is 11.4 Å². The van der Waals surface area contributed by atoms with E-state index in [1.54, 1.807) is 12.1 Å². The summed E-state index contributed by atoms with van der Waals surface area (Å²) in [5.74, 6) is 0.382. The zero-order chi connectivity index (χ0) is 10.8. The largest absolute Gasteiger partial charge is 0.263 e. The minimum atomic E-state index is -2.49. The summed E-state index contributed by atoms with van der Waals surface area (Å²) < 4.78 is 29.0. The third-order valence-corrected chi connectivity index (χ3v) is 2.60. The molecule has 0 N–H and O–H groups in total. The summed E-state index contributed by atoms with van der Waals surface area (Å²) in [5.41, 5.74) is 0.509. The van der Waals surface area contributed by atoms with Crippen molar-refractivity contribution in [1.82, 2.24) is 9.36 Å². The van der Waals surface area contributed by atoms with E-state index in [9.17, 15) is 8.78 Å². The molecule has 0 saturated carbocycles. The van der Waals surface area contributed by atoms with Gasteiger partial charge < -0.3 is 0 Å². The van der Waals surface area contributed by atoms with Crippen LogP contribution in [0.4, 0.5) is 8.78 Å². The van der Waals surface area contributed by atoms with Gasteiger partial charge in [-0.1, -0.05) is 18.2 Å². The van der Waals surface area contributed by atoms with Crippen LogP contribution in [0.2, 0.25) is 4.47 Å². The highest BCUT2D eigenvalue weighted by Crippen LogP contribution is 2.25. The molecule has 0 atom stereocenters. The van der Waals surface area contributed by atoms with E-state index in [0.29, 0.717) is 15.9 Å². The minimum absolute atomic E-state index is 0.0431. The summed E-state index contributed by atoms with van der Waals surface area (Å²) in [6, 6.07) is 5.95. The molecule has 0 aliphatic carbocycles. The fraction of sp³-hybridized carbons (Fsp3) is 0.111. The fourth-order valence-electron chi connectivity index (χ4n) is 1.14. The van der Waals surface area contributed by atoms with Crippen LogP contribution in [0.1, 0.15) is 12.0 Å². The second kappa shape index (κ2) is 4.20. The molecule has 0 unspecified atom stereocenters. The first-order valence-electron chi connectivity index (χ1n) is 4.04. The van der Waals surface area contributed by atoms with Crippen molar-refractivity contribution in [1.29, 1.82) is 0 Å². The lowest BCUT2D eigenvalue weighted by molar-refractivity contribution is 0.151. The summed E-state index contributed by atoms with van der Waals surface area (Å²) in [6.07, 6.45) is -2.49. The van der Waals surface area contributed by atoms with Gasteiger partial charge in [0.05, 0.1) is 0 Å². The molecular formula is C9H5ClF2N2S. The molecule has 15 heavy (non-hydrogen) atoms. The number of hydrogen-bond donors (Lipinski definition) is 0. The van der Waals surface area contributed by atoms with Gasteiger partial charge in [-0.25, -0.2) is 13.8 Å². The van der Waals surface area contributed by atoms with Gasteiger partial charge in [-0.15, -0.1) is 0 Å². The van der Waals surface area contributed by atoms with E-state index in [2.05, 4.69) is 9.36 Å². The van der Waals surface area contributed by atoms with Crippen LogP contribution >= 0.6 is 23.1 Å². The Bertz CT molecular complexity index is 473. The molecule has 6 heteroatoms. The predicted molar refractivity (Wildman–Crippen MR) is 55.3 cm³/mol. The first-order chi connectivity index (χ1) is 7.16. The molecule has 78 valence electrons. The van der Waals surface area contributed by atoms with E-state index in [1.807, 2.05) is 0 Å². The SMILES string of the molecule is FC(F)c1cccc(-c2nsc(Cl)n2)c1. The maximum Gasteiger partial charge on any atom is 0.263 e. The third kappa shape index (κ3) is 2.30. The fourth-order valence-corrected chi connectivity index (χ4v) is 1.75. The summed E-state index contributed by atoms with van der Waals surface area (Å²) in [4.78, 5) is 3.91. The van der Waals surface area contributed by atoms with Crippen molar-refractivity contribution in [3.63, 3.8) is 0 Å². The number of hydrogen-bond acceptors (Lipinski definition) is 3. The van der Waals surface area contributed by atoms with Crippen LogP contribution in [-0.4, -0.2) is 9.36 Å². The normalized spacial score (nSPS) is 10.9. The predicted octanol–water partition coefficient (Wildman–Crippen LogP) is 3.80. The molecule has 0 bridgehead atoms. The van der Waals surface area contributed by atoms with Gasteiger partial charge in [-0.05, 0) is 29.2 Å². The highest BCUT2D eigenvalue weighted by Gasteiger charge is 2.10. The van der Waals surface area contributed by atoms with Crippen molar-refractivity contribution in [2.75, 3.05) is 0 Å². The van der Waals surface area contributed by atoms with Gasteiger partial charge >= 0.3 is 0 Å². The smallest absolute Gasteiger partial charge is 0.205 e. The zero-order valence-electron chi connectivity index (χ0n) is 7.32.